The van der Waals surface area contributed by atoms with Gasteiger partial charge in [-0.25, -0.2) is 0 Å². The molecule has 7 nitrogen and oxygen atoms in total. The lowest BCUT2D eigenvalue weighted by Gasteiger charge is -2.08. The van der Waals surface area contributed by atoms with E-state index < -0.39 is 16.7 Å². The minimum Gasteiger partial charge on any atom is -0.395 e. The third kappa shape index (κ3) is 4.10. The molecule has 1 heterocycles. The highest BCUT2D eigenvalue weighted by atomic mass is 79.9. The number of carbonyl (C=O) groups is 1. The molecule has 2 rings (SSSR count). The Morgan fingerprint density at radius 2 is 1.90 bits per heavy atom. The molecule has 0 aliphatic rings. The highest BCUT2D eigenvalue weighted by molar-refractivity contribution is 9.10. The Kier molecular flexibility index (Phi) is 4.66. The van der Waals surface area contributed by atoms with E-state index in [1.165, 1.54) is 6.07 Å². The summed E-state index contributed by atoms with van der Waals surface area (Å²) >= 11 is 8.27. The van der Waals surface area contributed by atoms with Crippen LogP contribution in [0.3, 0.4) is 0 Å². The molecule has 108 valence electrons. The number of furan rings is 1. The molecule has 0 saturated heterocycles. The van der Waals surface area contributed by atoms with Crippen molar-refractivity contribution in [3.8, 4) is 0 Å². The molecule has 2 N–H and O–H groups in total. The van der Waals surface area contributed by atoms with E-state index in [0.717, 1.165) is 10.5 Å². The van der Waals surface area contributed by atoms with Crippen molar-refractivity contribution in [3.05, 3.63) is 56.7 Å². The fourth-order valence-electron chi connectivity index (χ4n) is 1.41. The van der Waals surface area contributed by atoms with Crippen molar-refractivity contribution in [1.82, 2.24) is 5.32 Å². The van der Waals surface area contributed by atoms with Crippen molar-refractivity contribution < 1.29 is 14.1 Å². The Morgan fingerprint density at radius 1 is 1.24 bits per heavy atom. The second kappa shape index (κ2) is 6.46. The van der Waals surface area contributed by atoms with Crippen LogP contribution in [0.5, 0.6) is 0 Å². The van der Waals surface area contributed by atoms with Crippen LogP contribution in [-0.2, 0) is 0 Å². The number of thiocarbonyl (C=S) groups is 1. The maximum Gasteiger partial charge on any atom is 0.433 e. The van der Waals surface area contributed by atoms with Gasteiger partial charge in [-0.3, -0.25) is 20.2 Å². The molecule has 1 aromatic heterocycles. The first-order valence-corrected chi connectivity index (χ1v) is 6.78. The van der Waals surface area contributed by atoms with Crippen LogP contribution in [0.15, 0.2) is 45.3 Å². The van der Waals surface area contributed by atoms with E-state index in [2.05, 4.69) is 26.6 Å². The Hall–Kier alpha value is -2.26. The van der Waals surface area contributed by atoms with Crippen molar-refractivity contribution in [2.24, 2.45) is 0 Å². The molecule has 21 heavy (non-hydrogen) atoms. The topological polar surface area (TPSA) is 97.4 Å². The van der Waals surface area contributed by atoms with E-state index in [9.17, 15) is 14.9 Å². The highest BCUT2D eigenvalue weighted by Crippen LogP contribution is 2.16. The zero-order valence-electron chi connectivity index (χ0n) is 10.3. The fourth-order valence-corrected chi connectivity index (χ4v) is 1.88. The van der Waals surface area contributed by atoms with Crippen LogP contribution in [0.4, 0.5) is 11.6 Å². The van der Waals surface area contributed by atoms with Gasteiger partial charge in [0.05, 0.1) is 6.07 Å². The van der Waals surface area contributed by atoms with Crippen molar-refractivity contribution in [1.29, 1.82) is 0 Å². The van der Waals surface area contributed by atoms with E-state index in [1.807, 2.05) is 12.1 Å². The van der Waals surface area contributed by atoms with Gasteiger partial charge in [0.15, 0.2) is 10.9 Å². The smallest absolute Gasteiger partial charge is 0.395 e. The number of carbonyl (C=O) groups excluding carboxylic acids is 1. The van der Waals surface area contributed by atoms with Gasteiger partial charge in [-0.05, 0) is 42.5 Å². The predicted octanol–water partition coefficient (Wildman–Crippen LogP) is 3.08. The molecule has 1 aromatic carbocycles. The number of anilines is 1. The van der Waals surface area contributed by atoms with E-state index in [1.54, 1.807) is 12.1 Å². The van der Waals surface area contributed by atoms with Gasteiger partial charge in [0.25, 0.3) is 5.91 Å². The molecular formula is C12H8BrN3O4S. The normalized spacial score (nSPS) is 9.95. The quantitative estimate of drug-likeness (QED) is 0.490. The van der Waals surface area contributed by atoms with Gasteiger partial charge < -0.3 is 9.73 Å². The van der Waals surface area contributed by atoms with Crippen LogP contribution in [0.1, 0.15) is 10.6 Å². The molecule has 9 heteroatoms. The van der Waals surface area contributed by atoms with Gasteiger partial charge in [-0.15, -0.1) is 0 Å². The Morgan fingerprint density at radius 3 is 2.48 bits per heavy atom. The molecule has 0 aliphatic carbocycles. The highest BCUT2D eigenvalue weighted by Gasteiger charge is 2.17. The first-order chi connectivity index (χ1) is 9.95. The summed E-state index contributed by atoms with van der Waals surface area (Å²) in [6.07, 6.45) is 0. The number of halogens is 1. The van der Waals surface area contributed by atoms with Crippen LogP contribution in [-0.4, -0.2) is 15.9 Å². The molecule has 0 aliphatic heterocycles. The summed E-state index contributed by atoms with van der Waals surface area (Å²) in [7, 11) is 0. The Labute approximate surface area is 132 Å². The standard InChI is InChI=1S/C12H8BrN3O4S/c13-7-1-3-8(4-2-7)14-12(21)15-11(17)9-5-6-10(20-9)16(18)19/h1-6H,(H2,14,15,17,21). The first-order valence-electron chi connectivity index (χ1n) is 5.58. The number of benzene rings is 1. The number of nitro groups is 1. The minimum absolute atomic E-state index is 0.0568. The maximum absolute atomic E-state index is 11.8. The third-order valence-electron chi connectivity index (χ3n) is 2.32. The summed E-state index contributed by atoms with van der Waals surface area (Å²) < 4.78 is 5.68. The Balaban J connectivity index is 1.96. The number of hydrogen-bond acceptors (Lipinski definition) is 5. The van der Waals surface area contributed by atoms with Gasteiger partial charge in [0.2, 0.25) is 0 Å². The van der Waals surface area contributed by atoms with Crippen LogP contribution >= 0.6 is 28.1 Å². The molecule has 0 atom stereocenters. The van der Waals surface area contributed by atoms with Crippen molar-refractivity contribution in [3.63, 3.8) is 0 Å². The number of hydrogen-bond donors (Lipinski definition) is 2. The lowest BCUT2D eigenvalue weighted by Crippen LogP contribution is -2.33. The molecular weight excluding hydrogens is 362 g/mol. The van der Waals surface area contributed by atoms with Crippen molar-refractivity contribution >= 4 is 50.7 Å². The van der Waals surface area contributed by atoms with E-state index in [-0.39, 0.29) is 10.9 Å². The van der Waals surface area contributed by atoms with Crippen molar-refractivity contribution in [2.45, 2.75) is 0 Å². The van der Waals surface area contributed by atoms with Gasteiger partial charge in [-0.2, -0.15) is 0 Å². The average molecular weight is 370 g/mol. The second-order valence-electron chi connectivity index (χ2n) is 3.81. The molecule has 0 saturated carbocycles. The number of amides is 1. The monoisotopic (exact) mass is 369 g/mol. The molecule has 0 radical (unpaired) electrons. The summed E-state index contributed by atoms with van der Waals surface area (Å²) in [6.45, 7) is 0. The minimum atomic E-state index is -0.727. The lowest BCUT2D eigenvalue weighted by atomic mass is 10.3. The van der Waals surface area contributed by atoms with Gasteiger partial charge in [0.1, 0.15) is 4.92 Å². The summed E-state index contributed by atoms with van der Waals surface area (Å²) in [5, 5.41) is 15.7. The molecule has 0 unspecified atom stereocenters. The molecule has 0 bridgehead atoms. The largest absolute Gasteiger partial charge is 0.433 e. The van der Waals surface area contributed by atoms with E-state index in [0.29, 0.717) is 5.69 Å². The summed E-state index contributed by atoms with van der Waals surface area (Å²) in [5.74, 6) is -1.37. The summed E-state index contributed by atoms with van der Waals surface area (Å²) in [4.78, 5) is 21.5. The molecule has 2 aromatic rings. The molecule has 1 amide bonds. The van der Waals surface area contributed by atoms with Gasteiger partial charge >= 0.3 is 5.88 Å². The summed E-state index contributed by atoms with van der Waals surface area (Å²) in [5.41, 5.74) is 0.689. The number of nitrogens with one attached hydrogen (secondary N) is 2. The molecule has 0 spiro atoms. The fraction of sp³-hybridized carbons (Fsp3) is 0. The molecule has 0 fully saturated rings. The van der Waals surface area contributed by atoms with E-state index in [4.69, 9.17) is 16.6 Å². The first kappa shape index (κ1) is 15.1. The zero-order valence-corrected chi connectivity index (χ0v) is 12.7. The zero-order chi connectivity index (χ0) is 15.4. The number of rotatable bonds is 3. The van der Waals surface area contributed by atoms with Crippen LogP contribution in [0.2, 0.25) is 0 Å². The average Bonchev–Trinajstić information content (AvgIpc) is 2.91. The van der Waals surface area contributed by atoms with Crippen LogP contribution in [0.25, 0.3) is 0 Å². The Bertz CT molecular complexity index is 699. The van der Waals surface area contributed by atoms with Crippen LogP contribution < -0.4 is 10.6 Å². The SMILES string of the molecule is O=C(NC(=S)Nc1ccc(Br)cc1)c1ccc([N+](=O)[O-])o1. The number of nitrogens with zero attached hydrogens (tertiary/aromatic N) is 1. The lowest BCUT2D eigenvalue weighted by molar-refractivity contribution is -0.402. The second-order valence-corrected chi connectivity index (χ2v) is 5.13. The maximum atomic E-state index is 11.8. The van der Waals surface area contributed by atoms with E-state index >= 15 is 0 Å². The van der Waals surface area contributed by atoms with Crippen molar-refractivity contribution in [2.75, 3.05) is 5.32 Å². The third-order valence-corrected chi connectivity index (χ3v) is 3.06. The summed E-state index contributed by atoms with van der Waals surface area (Å²) in [6, 6.07) is 9.45. The van der Waals surface area contributed by atoms with Crippen LogP contribution in [0, 0.1) is 10.1 Å². The van der Waals surface area contributed by atoms with Gasteiger partial charge in [0, 0.05) is 10.2 Å². The predicted molar refractivity (Wildman–Crippen MR) is 83.2 cm³/mol. The van der Waals surface area contributed by atoms with Gasteiger partial charge in [-0.1, -0.05) is 15.9 Å².